The minimum Gasteiger partial charge on any atom is -0.361 e. The number of hydrogen-bond donors (Lipinski definition) is 3. The summed E-state index contributed by atoms with van der Waals surface area (Å²) in [7, 11) is 0. The summed E-state index contributed by atoms with van der Waals surface area (Å²) in [4.78, 5) is 10.7. The molecule has 96 valence electrons. The molecule has 0 radical (unpaired) electrons. The second kappa shape index (κ2) is 5.67. The summed E-state index contributed by atoms with van der Waals surface area (Å²) in [6, 6.07) is 0.578. The maximum Gasteiger partial charge on any atom is 0.216 e. The summed E-state index contributed by atoms with van der Waals surface area (Å²) in [6.07, 6.45) is 5.42. The molecule has 0 aromatic carbocycles. The Labute approximate surface area is 108 Å². The molecule has 3 atom stereocenters. The highest BCUT2D eigenvalue weighted by atomic mass is 32.1. The number of fused-ring (bicyclic) bond motifs is 2. The molecular formula is C12H21N3OS. The topological polar surface area (TPSA) is 53.2 Å². The maximum absolute atomic E-state index is 10.7. The molecule has 2 fully saturated rings. The molecule has 2 aliphatic carbocycles. The third-order valence-corrected chi connectivity index (χ3v) is 4.10. The van der Waals surface area contributed by atoms with Gasteiger partial charge in [-0.2, -0.15) is 0 Å². The fourth-order valence-electron chi connectivity index (χ4n) is 3.06. The Kier molecular flexibility index (Phi) is 4.20. The molecule has 0 aromatic heterocycles. The van der Waals surface area contributed by atoms with Crippen LogP contribution >= 0.6 is 12.2 Å². The SMILES string of the molecule is CC(=O)NCCNC(=S)N[C@H]1C[C@@H]2CC[C@@H]1C2. The Hall–Kier alpha value is -0.840. The van der Waals surface area contributed by atoms with Crippen LogP contribution < -0.4 is 16.0 Å². The number of carbonyl (C=O) groups excluding carboxylic acids is 1. The molecule has 5 heteroatoms. The van der Waals surface area contributed by atoms with Gasteiger partial charge < -0.3 is 16.0 Å². The molecule has 2 rings (SSSR count). The van der Waals surface area contributed by atoms with Gasteiger partial charge in [-0.3, -0.25) is 4.79 Å². The lowest BCUT2D eigenvalue weighted by Crippen LogP contribution is -2.46. The van der Waals surface area contributed by atoms with Gasteiger partial charge in [-0.1, -0.05) is 6.42 Å². The van der Waals surface area contributed by atoms with Crippen LogP contribution in [0.5, 0.6) is 0 Å². The van der Waals surface area contributed by atoms with E-state index in [9.17, 15) is 4.79 Å². The average molecular weight is 255 g/mol. The standard InChI is InChI=1S/C12H21N3OS/c1-8(16)13-4-5-14-12(17)15-11-7-9-2-3-10(11)6-9/h9-11H,2-7H2,1H3,(H,13,16)(H2,14,15,17)/t9-,10-,11+/m1/s1. The number of nitrogens with one attached hydrogen (secondary N) is 3. The summed E-state index contributed by atoms with van der Waals surface area (Å²) < 4.78 is 0. The van der Waals surface area contributed by atoms with Gasteiger partial charge in [0.1, 0.15) is 0 Å². The minimum absolute atomic E-state index is 0.00113. The van der Waals surface area contributed by atoms with Gasteiger partial charge >= 0.3 is 0 Å². The molecule has 0 spiro atoms. The van der Waals surface area contributed by atoms with Gasteiger partial charge in [-0.25, -0.2) is 0 Å². The van der Waals surface area contributed by atoms with E-state index in [4.69, 9.17) is 12.2 Å². The summed E-state index contributed by atoms with van der Waals surface area (Å²) in [5.41, 5.74) is 0. The molecule has 3 N–H and O–H groups in total. The van der Waals surface area contributed by atoms with Gasteiger partial charge in [0.2, 0.25) is 5.91 Å². The van der Waals surface area contributed by atoms with Gasteiger partial charge in [-0.15, -0.1) is 0 Å². The Morgan fingerprint density at radius 2 is 2.00 bits per heavy atom. The van der Waals surface area contributed by atoms with Crippen LogP contribution in [0.25, 0.3) is 0 Å². The number of amides is 1. The smallest absolute Gasteiger partial charge is 0.216 e. The van der Waals surface area contributed by atoms with Crippen molar-refractivity contribution in [1.82, 2.24) is 16.0 Å². The molecule has 17 heavy (non-hydrogen) atoms. The highest BCUT2D eigenvalue weighted by Crippen LogP contribution is 2.44. The maximum atomic E-state index is 10.7. The van der Waals surface area contributed by atoms with E-state index in [1.807, 2.05) is 0 Å². The zero-order chi connectivity index (χ0) is 12.3. The van der Waals surface area contributed by atoms with Gasteiger partial charge in [0, 0.05) is 26.1 Å². The van der Waals surface area contributed by atoms with Crippen LogP contribution in [0.3, 0.4) is 0 Å². The quantitative estimate of drug-likeness (QED) is 0.513. The fourth-order valence-corrected chi connectivity index (χ4v) is 3.31. The molecule has 0 heterocycles. The Morgan fingerprint density at radius 1 is 1.24 bits per heavy atom. The molecular weight excluding hydrogens is 234 g/mol. The van der Waals surface area contributed by atoms with Crippen LogP contribution in [0.4, 0.5) is 0 Å². The van der Waals surface area contributed by atoms with E-state index in [2.05, 4.69) is 16.0 Å². The number of rotatable bonds is 4. The Balaban J connectivity index is 1.59. The monoisotopic (exact) mass is 255 g/mol. The average Bonchev–Trinajstić information content (AvgIpc) is 2.86. The normalized spacial score (nSPS) is 30.1. The number of thiocarbonyl (C=S) groups is 1. The highest BCUT2D eigenvalue weighted by Gasteiger charge is 2.39. The van der Waals surface area contributed by atoms with Gasteiger partial charge in [0.05, 0.1) is 0 Å². The predicted octanol–water partition coefficient (Wildman–Crippen LogP) is 0.775. The molecule has 0 saturated heterocycles. The van der Waals surface area contributed by atoms with Crippen LogP contribution in [0, 0.1) is 11.8 Å². The van der Waals surface area contributed by atoms with Crippen LogP contribution in [0.2, 0.25) is 0 Å². The fraction of sp³-hybridized carbons (Fsp3) is 0.833. The lowest BCUT2D eigenvalue weighted by molar-refractivity contribution is -0.118. The van der Waals surface area contributed by atoms with Gasteiger partial charge in [-0.05, 0) is 43.3 Å². The zero-order valence-electron chi connectivity index (χ0n) is 10.3. The first-order chi connectivity index (χ1) is 8.15. The Morgan fingerprint density at radius 3 is 2.59 bits per heavy atom. The van der Waals surface area contributed by atoms with Crippen molar-refractivity contribution in [2.24, 2.45) is 11.8 Å². The van der Waals surface area contributed by atoms with Crippen molar-refractivity contribution in [3.05, 3.63) is 0 Å². The molecule has 1 amide bonds. The van der Waals surface area contributed by atoms with Crippen molar-refractivity contribution in [1.29, 1.82) is 0 Å². The summed E-state index contributed by atoms with van der Waals surface area (Å²) in [6.45, 7) is 2.83. The number of hydrogen-bond acceptors (Lipinski definition) is 2. The minimum atomic E-state index is -0.00113. The third kappa shape index (κ3) is 3.56. The predicted molar refractivity (Wildman–Crippen MR) is 71.7 cm³/mol. The molecule has 4 nitrogen and oxygen atoms in total. The molecule has 0 aromatic rings. The van der Waals surface area contributed by atoms with E-state index < -0.39 is 0 Å². The van der Waals surface area contributed by atoms with Crippen molar-refractivity contribution in [2.45, 2.75) is 38.6 Å². The lowest BCUT2D eigenvalue weighted by Gasteiger charge is -2.24. The van der Waals surface area contributed by atoms with Crippen LogP contribution in [0.1, 0.15) is 32.6 Å². The number of carbonyl (C=O) groups is 1. The zero-order valence-corrected chi connectivity index (χ0v) is 11.1. The van der Waals surface area contributed by atoms with Crippen LogP contribution in [-0.2, 0) is 4.79 Å². The summed E-state index contributed by atoms with van der Waals surface area (Å²) in [5, 5.41) is 10.00. The molecule has 2 bridgehead atoms. The van der Waals surface area contributed by atoms with Gasteiger partial charge in [0.25, 0.3) is 0 Å². The summed E-state index contributed by atoms with van der Waals surface area (Å²) in [5.74, 6) is 1.76. The first-order valence-electron chi connectivity index (χ1n) is 6.44. The lowest BCUT2D eigenvalue weighted by atomic mass is 9.96. The van der Waals surface area contributed by atoms with E-state index in [1.54, 1.807) is 0 Å². The van der Waals surface area contributed by atoms with Crippen molar-refractivity contribution in [2.75, 3.05) is 13.1 Å². The molecule has 0 aliphatic heterocycles. The van der Waals surface area contributed by atoms with E-state index in [0.29, 0.717) is 19.1 Å². The van der Waals surface area contributed by atoms with Crippen LogP contribution in [0.15, 0.2) is 0 Å². The summed E-state index contributed by atoms with van der Waals surface area (Å²) >= 11 is 5.25. The van der Waals surface area contributed by atoms with E-state index >= 15 is 0 Å². The van der Waals surface area contributed by atoms with E-state index in [1.165, 1.54) is 32.6 Å². The molecule has 2 saturated carbocycles. The van der Waals surface area contributed by atoms with Gasteiger partial charge in [0.15, 0.2) is 5.11 Å². The van der Waals surface area contributed by atoms with Crippen LogP contribution in [-0.4, -0.2) is 30.2 Å². The molecule has 2 aliphatic rings. The van der Waals surface area contributed by atoms with Crippen molar-refractivity contribution >= 4 is 23.2 Å². The van der Waals surface area contributed by atoms with E-state index in [0.717, 1.165) is 16.9 Å². The van der Waals surface area contributed by atoms with Crippen molar-refractivity contribution in [3.8, 4) is 0 Å². The first kappa shape index (κ1) is 12.6. The first-order valence-corrected chi connectivity index (χ1v) is 6.85. The highest BCUT2D eigenvalue weighted by molar-refractivity contribution is 7.80. The second-order valence-electron chi connectivity index (χ2n) is 5.16. The van der Waals surface area contributed by atoms with E-state index in [-0.39, 0.29) is 5.91 Å². The Bertz CT molecular complexity index is 308. The third-order valence-electron chi connectivity index (χ3n) is 3.84. The largest absolute Gasteiger partial charge is 0.361 e. The molecule has 0 unspecified atom stereocenters. The van der Waals surface area contributed by atoms with Crippen molar-refractivity contribution in [3.63, 3.8) is 0 Å². The van der Waals surface area contributed by atoms with Crippen molar-refractivity contribution < 1.29 is 4.79 Å². The second-order valence-corrected chi connectivity index (χ2v) is 5.57.